The quantitative estimate of drug-likeness (QED) is 0.479. The van der Waals surface area contributed by atoms with Crippen LogP contribution in [0.2, 0.25) is 5.02 Å². The van der Waals surface area contributed by atoms with Crippen LogP contribution in [0.5, 0.6) is 0 Å². The lowest BCUT2D eigenvalue weighted by Gasteiger charge is -2.08. The molecule has 2 heterocycles. The van der Waals surface area contributed by atoms with Crippen molar-refractivity contribution in [1.29, 1.82) is 0 Å². The van der Waals surface area contributed by atoms with Gasteiger partial charge in [-0.1, -0.05) is 35.9 Å². The van der Waals surface area contributed by atoms with E-state index in [9.17, 15) is 18.0 Å². The minimum Gasteiger partial charge on any atom is -0.399 e. The second-order valence-corrected chi connectivity index (χ2v) is 6.57. The highest BCUT2D eigenvalue weighted by Crippen LogP contribution is 2.38. The average Bonchev–Trinajstić information content (AvgIpc) is 3.03. The van der Waals surface area contributed by atoms with E-state index in [2.05, 4.69) is 10.1 Å². The van der Waals surface area contributed by atoms with Gasteiger partial charge in [-0.25, -0.2) is 0 Å². The summed E-state index contributed by atoms with van der Waals surface area (Å²) in [7, 11) is 0. The molecule has 5 nitrogen and oxygen atoms in total. The number of H-pyrrole nitrogens is 1. The highest BCUT2D eigenvalue weighted by molar-refractivity contribution is 6.30. The minimum atomic E-state index is -4.75. The SMILES string of the molecule is Nc1ccc(-c2cc(=O)n3nc(C(F)(F)F)c(-c4ccc(Cl)cc4)c3[nH]2)cc1. The Balaban J connectivity index is 2.05. The molecule has 4 rings (SSSR count). The van der Waals surface area contributed by atoms with Gasteiger partial charge >= 0.3 is 6.18 Å². The Hall–Kier alpha value is -3.26. The van der Waals surface area contributed by atoms with Gasteiger partial charge < -0.3 is 10.7 Å². The van der Waals surface area contributed by atoms with Crippen LogP contribution in [-0.2, 0) is 6.18 Å². The molecule has 0 bridgehead atoms. The molecule has 0 radical (unpaired) electrons. The number of alkyl halides is 3. The number of hydrogen-bond donors (Lipinski definition) is 2. The number of nitrogens with zero attached hydrogens (tertiary/aromatic N) is 2. The van der Waals surface area contributed by atoms with E-state index in [0.717, 1.165) is 0 Å². The van der Waals surface area contributed by atoms with Gasteiger partial charge in [0.15, 0.2) is 5.69 Å². The fourth-order valence-electron chi connectivity index (χ4n) is 2.95. The Morgan fingerprint density at radius 1 is 1.00 bits per heavy atom. The summed E-state index contributed by atoms with van der Waals surface area (Å²) in [5, 5.41) is 3.91. The molecule has 28 heavy (non-hydrogen) atoms. The number of aromatic nitrogens is 3. The highest BCUT2D eigenvalue weighted by atomic mass is 35.5. The Labute approximate surface area is 161 Å². The van der Waals surface area contributed by atoms with E-state index in [0.29, 0.717) is 26.5 Å². The molecule has 142 valence electrons. The van der Waals surface area contributed by atoms with Crippen LogP contribution in [0.4, 0.5) is 18.9 Å². The number of hydrogen-bond acceptors (Lipinski definition) is 3. The second-order valence-electron chi connectivity index (χ2n) is 6.13. The molecule has 3 N–H and O–H groups in total. The number of anilines is 1. The standard InChI is InChI=1S/C19H12ClF3N4O/c20-12-5-1-11(2-6-12)16-17(19(21,22)23)26-27-15(28)9-14(25-18(16)27)10-3-7-13(24)8-4-10/h1-9,25H,24H2. The largest absolute Gasteiger partial charge is 0.435 e. The van der Waals surface area contributed by atoms with Crippen molar-refractivity contribution in [1.82, 2.24) is 14.6 Å². The number of fused-ring (bicyclic) bond motifs is 1. The van der Waals surface area contributed by atoms with E-state index in [1.54, 1.807) is 24.3 Å². The van der Waals surface area contributed by atoms with Crippen LogP contribution in [0, 0.1) is 0 Å². The third-order valence-electron chi connectivity index (χ3n) is 4.24. The number of nitrogens with one attached hydrogen (secondary N) is 1. The third kappa shape index (κ3) is 3.11. The monoisotopic (exact) mass is 404 g/mol. The van der Waals surface area contributed by atoms with Crippen molar-refractivity contribution in [2.45, 2.75) is 6.18 Å². The summed E-state index contributed by atoms with van der Waals surface area (Å²) in [4.78, 5) is 15.4. The first-order valence-corrected chi connectivity index (χ1v) is 8.47. The molecule has 0 unspecified atom stereocenters. The summed E-state index contributed by atoms with van der Waals surface area (Å²) in [6, 6.07) is 13.6. The molecule has 0 atom stereocenters. The number of nitrogens with two attached hydrogens (primary N) is 1. The molecule has 0 aliphatic rings. The Morgan fingerprint density at radius 2 is 1.61 bits per heavy atom. The van der Waals surface area contributed by atoms with Gasteiger partial charge in [-0.3, -0.25) is 4.79 Å². The van der Waals surface area contributed by atoms with Gasteiger partial charge in [0.25, 0.3) is 5.56 Å². The molecule has 0 aliphatic heterocycles. The van der Waals surface area contributed by atoms with Gasteiger partial charge in [0.05, 0.1) is 11.3 Å². The lowest BCUT2D eigenvalue weighted by atomic mass is 10.1. The van der Waals surface area contributed by atoms with Gasteiger partial charge in [0.1, 0.15) is 5.65 Å². The maximum absolute atomic E-state index is 13.6. The molecule has 9 heteroatoms. The van der Waals surface area contributed by atoms with Crippen LogP contribution in [0.1, 0.15) is 5.69 Å². The summed E-state index contributed by atoms with van der Waals surface area (Å²) in [5.74, 6) is 0. The zero-order chi connectivity index (χ0) is 20.1. The topological polar surface area (TPSA) is 76.2 Å². The van der Waals surface area contributed by atoms with E-state index < -0.39 is 17.4 Å². The van der Waals surface area contributed by atoms with Crippen molar-refractivity contribution >= 4 is 22.9 Å². The number of rotatable bonds is 2. The second kappa shape index (κ2) is 6.42. The van der Waals surface area contributed by atoms with Crippen LogP contribution in [-0.4, -0.2) is 14.6 Å². The van der Waals surface area contributed by atoms with Crippen LogP contribution in [0.3, 0.4) is 0 Å². The number of nitrogen functional groups attached to an aromatic ring is 1. The first-order valence-electron chi connectivity index (χ1n) is 8.09. The number of benzene rings is 2. The molecule has 2 aromatic carbocycles. The lowest BCUT2D eigenvalue weighted by Crippen LogP contribution is -2.15. The van der Waals surface area contributed by atoms with Crippen LogP contribution in [0.25, 0.3) is 28.0 Å². The lowest BCUT2D eigenvalue weighted by molar-refractivity contribution is -0.140. The molecular weight excluding hydrogens is 393 g/mol. The first-order chi connectivity index (χ1) is 13.2. The van der Waals surface area contributed by atoms with Crippen LogP contribution >= 0.6 is 11.6 Å². The maximum atomic E-state index is 13.6. The Bertz CT molecular complexity index is 1230. The fraction of sp³-hybridized carbons (Fsp3) is 0.0526. The fourth-order valence-corrected chi connectivity index (χ4v) is 3.07. The maximum Gasteiger partial charge on any atom is 0.435 e. The summed E-state index contributed by atoms with van der Waals surface area (Å²) in [6.45, 7) is 0. The number of aromatic amines is 1. The molecular formula is C19H12ClF3N4O. The summed E-state index contributed by atoms with van der Waals surface area (Å²) >= 11 is 5.85. The van der Waals surface area contributed by atoms with Crippen molar-refractivity contribution in [2.75, 3.05) is 5.73 Å². The van der Waals surface area contributed by atoms with E-state index in [1.807, 2.05) is 0 Å². The summed E-state index contributed by atoms with van der Waals surface area (Å²) in [6.07, 6.45) is -4.75. The number of halogens is 4. The molecule has 0 amide bonds. The van der Waals surface area contributed by atoms with Crippen molar-refractivity contribution in [3.05, 3.63) is 75.7 Å². The van der Waals surface area contributed by atoms with E-state index in [-0.39, 0.29) is 16.8 Å². The van der Waals surface area contributed by atoms with Crippen molar-refractivity contribution < 1.29 is 13.2 Å². The van der Waals surface area contributed by atoms with Crippen molar-refractivity contribution in [3.63, 3.8) is 0 Å². The molecule has 0 aliphatic carbocycles. The van der Waals surface area contributed by atoms with Crippen LogP contribution in [0.15, 0.2) is 59.4 Å². The van der Waals surface area contributed by atoms with Crippen molar-refractivity contribution in [2.24, 2.45) is 0 Å². The Kier molecular flexibility index (Phi) is 4.15. The predicted molar refractivity (Wildman–Crippen MR) is 101 cm³/mol. The minimum absolute atomic E-state index is 0.0611. The predicted octanol–water partition coefficient (Wildman–Crippen LogP) is 4.61. The van der Waals surface area contributed by atoms with E-state index >= 15 is 0 Å². The zero-order valence-corrected chi connectivity index (χ0v) is 14.8. The normalized spacial score (nSPS) is 11.9. The molecule has 0 saturated heterocycles. The highest BCUT2D eigenvalue weighted by Gasteiger charge is 2.39. The van der Waals surface area contributed by atoms with Gasteiger partial charge in [0.2, 0.25) is 0 Å². The van der Waals surface area contributed by atoms with Gasteiger partial charge in [-0.05, 0) is 35.4 Å². The summed E-state index contributed by atoms with van der Waals surface area (Å²) in [5.41, 5.74) is 5.25. The smallest absolute Gasteiger partial charge is 0.399 e. The van der Waals surface area contributed by atoms with E-state index in [1.165, 1.54) is 30.3 Å². The Morgan fingerprint density at radius 3 is 2.21 bits per heavy atom. The van der Waals surface area contributed by atoms with Gasteiger partial charge in [0, 0.05) is 16.8 Å². The molecule has 0 fully saturated rings. The molecule has 0 saturated carbocycles. The molecule has 4 aromatic rings. The third-order valence-corrected chi connectivity index (χ3v) is 4.49. The zero-order valence-electron chi connectivity index (χ0n) is 14.1. The van der Waals surface area contributed by atoms with Crippen molar-refractivity contribution in [3.8, 4) is 22.4 Å². The van der Waals surface area contributed by atoms with Gasteiger partial charge in [-0.2, -0.15) is 22.8 Å². The molecule has 0 spiro atoms. The summed E-state index contributed by atoms with van der Waals surface area (Å²) < 4.78 is 41.6. The molecule has 2 aromatic heterocycles. The first kappa shape index (κ1) is 18.1. The van der Waals surface area contributed by atoms with Gasteiger partial charge in [-0.15, -0.1) is 0 Å². The van der Waals surface area contributed by atoms with Crippen LogP contribution < -0.4 is 11.3 Å². The average molecular weight is 405 g/mol. The van der Waals surface area contributed by atoms with E-state index in [4.69, 9.17) is 17.3 Å².